The zero-order chi connectivity index (χ0) is 15.1. The lowest BCUT2D eigenvalue weighted by Crippen LogP contribution is -2.12. The number of aryl methyl sites for hydroxylation is 1. The van der Waals surface area contributed by atoms with Gasteiger partial charge in [0.1, 0.15) is 0 Å². The van der Waals surface area contributed by atoms with Crippen molar-refractivity contribution in [2.24, 2.45) is 0 Å². The highest BCUT2D eigenvalue weighted by Crippen LogP contribution is 2.15. The number of para-hydroxylation sites is 1. The van der Waals surface area contributed by atoms with Crippen molar-refractivity contribution in [2.45, 2.75) is 13.3 Å². The van der Waals surface area contributed by atoms with Gasteiger partial charge in [-0.15, -0.1) is 0 Å². The van der Waals surface area contributed by atoms with Crippen LogP contribution in [0.25, 0.3) is 0 Å². The molecular weight excluding hydrogens is 262 g/mol. The molecule has 0 unspecified atom stereocenters. The van der Waals surface area contributed by atoms with Crippen LogP contribution in [0, 0.1) is 18.8 Å². The van der Waals surface area contributed by atoms with Gasteiger partial charge < -0.3 is 10.4 Å². The zero-order valence-corrected chi connectivity index (χ0v) is 11.9. The van der Waals surface area contributed by atoms with E-state index >= 15 is 0 Å². The van der Waals surface area contributed by atoms with E-state index in [4.69, 9.17) is 5.11 Å². The number of amides is 1. The maximum Gasteiger partial charge on any atom is 0.255 e. The Morgan fingerprint density at radius 3 is 2.57 bits per heavy atom. The molecule has 0 saturated carbocycles. The number of anilines is 1. The molecule has 2 N–H and O–H groups in total. The average Bonchev–Trinajstić information content (AvgIpc) is 2.50. The molecular formula is C18H17NO2. The minimum absolute atomic E-state index is 0.0326. The van der Waals surface area contributed by atoms with Crippen LogP contribution in [-0.2, 0) is 0 Å². The second-order valence-corrected chi connectivity index (χ2v) is 4.64. The predicted molar refractivity (Wildman–Crippen MR) is 84.2 cm³/mol. The first-order valence-electron chi connectivity index (χ1n) is 6.77. The molecule has 0 aromatic heterocycles. The topological polar surface area (TPSA) is 49.3 Å². The van der Waals surface area contributed by atoms with Crippen LogP contribution in [0.4, 0.5) is 5.69 Å². The van der Waals surface area contributed by atoms with Crippen molar-refractivity contribution in [1.29, 1.82) is 0 Å². The van der Waals surface area contributed by atoms with Crippen LogP contribution < -0.4 is 5.32 Å². The first kappa shape index (κ1) is 14.8. The van der Waals surface area contributed by atoms with Crippen LogP contribution in [0.1, 0.15) is 27.9 Å². The van der Waals surface area contributed by atoms with Crippen molar-refractivity contribution < 1.29 is 9.90 Å². The summed E-state index contributed by atoms with van der Waals surface area (Å²) in [6, 6.07) is 14.8. The zero-order valence-electron chi connectivity index (χ0n) is 11.9. The van der Waals surface area contributed by atoms with Gasteiger partial charge in [-0.1, -0.05) is 41.7 Å². The maximum atomic E-state index is 12.2. The molecule has 106 valence electrons. The number of rotatable bonds is 3. The normalized spacial score (nSPS) is 9.62. The minimum Gasteiger partial charge on any atom is -0.395 e. The van der Waals surface area contributed by atoms with Crippen LogP contribution >= 0.6 is 0 Å². The number of carbonyl (C=O) groups excluding carboxylic acids is 1. The number of hydrogen-bond donors (Lipinski definition) is 2. The second kappa shape index (κ2) is 7.28. The Hall–Kier alpha value is -2.57. The lowest BCUT2D eigenvalue weighted by molar-refractivity contribution is 0.102. The molecule has 2 aromatic carbocycles. The lowest BCUT2D eigenvalue weighted by Gasteiger charge is -2.07. The van der Waals surface area contributed by atoms with Gasteiger partial charge >= 0.3 is 0 Å². The smallest absolute Gasteiger partial charge is 0.255 e. The van der Waals surface area contributed by atoms with Gasteiger partial charge in [-0.3, -0.25) is 4.79 Å². The first-order chi connectivity index (χ1) is 10.2. The van der Waals surface area contributed by atoms with E-state index in [2.05, 4.69) is 17.2 Å². The SMILES string of the molecule is Cc1ccc(C(=O)Nc2ccccc2C#CCCO)cc1. The molecule has 2 aromatic rings. The molecule has 3 nitrogen and oxygen atoms in total. The molecule has 0 aliphatic rings. The molecule has 0 aliphatic heterocycles. The average molecular weight is 279 g/mol. The van der Waals surface area contributed by atoms with Crippen molar-refractivity contribution >= 4 is 11.6 Å². The number of nitrogens with one attached hydrogen (secondary N) is 1. The van der Waals surface area contributed by atoms with E-state index in [0.717, 1.165) is 11.1 Å². The van der Waals surface area contributed by atoms with Crippen molar-refractivity contribution in [1.82, 2.24) is 0 Å². The van der Waals surface area contributed by atoms with Crippen molar-refractivity contribution in [3.8, 4) is 11.8 Å². The summed E-state index contributed by atoms with van der Waals surface area (Å²) in [7, 11) is 0. The minimum atomic E-state index is -0.161. The molecule has 0 heterocycles. The fourth-order valence-corrected chi connectivity index (χ4v) is 1.81. The molecule has 0 spiro atoms. The van der Waals surface area contributed by atoms with Gasteiger partial charge in [0, 0.05) is 17.5 Å². The molecule has 2 rings (SSSR count). The maximum absolute atomic E-state index is 12.2. The van der Waals surface area contributed by atoms with Crippen molar-refractivity contribution in [3.05, 3.63) is 65.2 Å². The van der Waals surface area contributed by atoms with E-state index < -0.39 is 0 Å². The standard InChI is InChI=1S/C18H17NO2/c1-14-9-11-16(12-10-14)18(21)19-17-8-3-2-6-15(17)7-4-5-13-20/h2-3,6,8-12,20H,5,13H2,1H3,(H,19,21). The van der Waals surface area contributed by atoms with Crippen LogP contribution in [-0.4, -0.2) is 17.6 Å². The van der Waals surface area contributed by atoms with E-state index in [1.54, 1.807) is 12.1 Å². The summed E-state index contributed by atoms with van der Waals surface area (Å²) >= 11 is 0. The summed E-state index contributed by atoms with van der Waals surface area (Å²) in [5, 5.41) is 11.6. The highest BCUT2D eigenvalue weighted by Gasteiger charge is 2.07. The van der Waals surface area contributed by atoms with E-state index in [-0.39, 0.29) is 12.5 Å². The third kappa shape index (κ3) is 4.20. The van der Waals surface area contributed by atoms with Crippen LogP contribution in [0.3, 0.4) is 0 Å². The molecule has 1 amide bonds. The first-order valence-corrected chi connectivity index (χ1v) is 6.77. The largest absolute Gasteiger partial charge is 0.395 e. The van der Waals surface area contributed by atoms with E-state index in [9.17, 15) is 4.79 Å². The van der Waals surface area contributed by atoms with Gasteiger partial charge in [0.15, 0.2) is 0 Å². The summed E-state index contributed by atoms with van der Waals surface area (Å²) in [5.74, 6) is 5.66. The number of benzene rings is 2. The van der Waals surface area contributed by atoms with Crippen molar-refractivity contribution in [3.63, 3.8) is 0 Å². The summed E-state index contributed by atoms with van der Waals surface area (Å²) in [6.45, 7) is 2.01. The summed E-state index contributed by atoms with van der Waals surface area (Å²) < 4.78 is 0. The predicted octanol–water partition coefficient (Wildman–Crippen LogP) is 2.98. The van der Waals surface area contributed by atoms with E-state index in [0.29, 0.717) is 17.7 Å². The number of carbonyl (C=O) groups is 1. The summed E-state index contributed by atoms with van der Waals surface area (Å²) in [5.41, 5.74) is 3.14. The number of aliphatic hydroxyl groups is 1. The van der Waals surface area contributed by atoms with Gasteiger partial charge in [-0.25, -0.2) is 0 Å². The Kier molecular flexibility index (Phi) is 5.14. The van der Waals surface area contributed by atoms with Gasteiger partial charge in [0.2, 0.25) is 0 Å². The Morgan fingerprint density at radius 2 is 1.86 bits per heavy atom. The molecule has 21 heavy (non-hydrogen) atoms. The highest BCUT2D eigenvalue weighted by molar-refractivity contribution is 6.04. The summed E-state index contributed by atoms with van der Waals surface area (Å²) in [4.78, 5) is 12.2. The number of hydrogen-bond acceptors (Lipinski definition) is 2. The van der Waals surface area contributed by atoms with Crippen LogP contribution in [0.2, 0.25) is 0 Å². The van der Waals surface area contributed by atoms with Gasteiger partial charge in [0.25, 0.3) is 5.91 Å². The summed E-state index contributed by atoms with van der Waals surface area (Å²) in [6.07, 6.45) is 0.417. The Bertz CT molecular complexity index is 678. The van der Waals surface area contributed by atoms with Crippen molar-refractivity contribution in [2.75, 3.05) is 11.9 Å². The van der Waals surface area contributed by atoms with E-state index in [1.165, 1.54) is 0 Å². The molecule has 0 aliphatic carbocycles. The van der Waals surface area contributed by atoms with Gasteiger partial charge in [-0.2, -0.15) is 0 Å². The molecule has 0 fully saturated rings. The lowest BCUT2D eigenvalue weighted by atomic mass is 10.1. The second-order valence-electron chi connectivity index (χ2n) is 4.64. The third-order valence-electron chi connectivity index (χ3n) is 2.95. The van der Waals surface area contributed by atoms with Crippen LogP contribution in [0.5, 0.6) is 0 Å². The Labute approximate surface area is 124 Å². The highest BCUT2D eigenvalue weighted by atomic mass is 16.2. The molecule has 3 heteroatoms. The molecule has 0 saturated heterocycles. The molecule has 0 radical (unpaired) electrons. The number of aliphatic hydroxyl groups excluding tert-OH is 1. The monoisotopic (exact) mass is 279 g/mol. The third-order valence-corrected chi connectivity index (χ3v) is 2.95. The quantitative estimate of drug-likeness (QED) is 0.849. The van der Waals surface area contributed by atoms with Gasteiger partial charge in [0.05, 0.1) is 12.3 Å². The molecule has 0 bridgehead atoms. The van der Waals surface area contributed by atoms with Crippen LogP contribution in [0.15, 0.2) is 48.5 Å². The Balaban J connectivity index is 2.18. The fraction of sp³-hybridized carbons (Fsp3) is 0.167. The Morgan fingerprint density at radius 1 is 1.14 bits per heavy atom. The van der Waals surface area contributed by atoms with Gasteiger partial charge in [-0.05, 0) is 31.2 Å². The molecule has 0 atom stereocenters. The fourth-order valence-electron chi connectivity index (χ4n) is 1.81. The van der Waals surface area contributed by atoms with E-state index in [1.807, 2.05) is 43.3 Å².